The van der Waals surface area contributed by atoms with Gasteiger partial charge in [0.2, 0.25) is 5.91 Å². The molecule has 7 heteroatoms. The Morgan fingerprint density at radius 3 is 2.96 bits per heavy atom. The van der Waals surface area contributed by atoms with Crippen LogP contribution in [0.15, 0.2) is 47.4 Å². The van der Waals surface area contributed by atoms with Crippen molar-refractivity contribution in [2.24, 2.45) is 0 Å². The van der Waals surface area contributed by atoms with E-state index in [0.717, 1.165) is 19.3 Å². The Balaban J connectivity index is 1.64. The van der Waals surface area contributed by atoms with Crippen LogP contribution in [0.3, 0.4) is 0 Å². The van der Waals surface area contributed by atoms with E-state index in [1.807, 2.05) is 0 Å². The maximum absolute atomic E-state index is 13.9. The Labute approximate surface area is 149 Å². The minimum absolute atomic E-state index is 0.00849. The van der Waals surface area contributed by atoms with Crippen molar-refractivity contribution in [2.75, 3.05) is 6.54 Å². The van der Waals surface area contributed by atoms with Crippen LogP contribution in [0.5, 0.6) is 0 Å². The van der Waals surface area contributed by atoms with Crippen LogP contribution >= 0.6 is 0 Å². The van der Waals surface area contributed by atoms with Crippen molar-refractivity contribution in [3.8, 4) is 0 Å². The van der Waals surface area contributed by atoms with E-state index in [2.05, 4.69) is 10.1 Å². The molecule has 1 unspecified atom stereocenters. The van der Waals surface area contributed by atoms with Crippen molar-refractivity contribution in [3.05, 3.63) is 70.0 Å². The largest absolute Gasteiger partial charge is 0.334 e. The molecule has 1 atom stereocenters. The van der Waals surface area contributed by atoms with Gasteiger partial charge < -0.3 is 4.90 Å². The Kier molecular flexibility index (Phi) is 4.28. The van der Waals surface area contributed by atoms with Crippen LogP contribution in [-0.4, -0.2) is 31.9 Å². The van der Waals surface area contributed by atoms with E-state index in [-0.39, 0.29) is 29.7 Å². The molecule has 2 aromatic heterocycles. The minimum atomic E-state index is -0.375. The summed E-state index contributed by atoms with van der Waals surface area (Å²) in [5, 5.41) is 2.81. The highest BCUT2D eigenvalue weighted by atomic mass is 19.1. The van der Waals surface area contributed by atoms with Gasteiger partial charge in [0.05, 0.1) is 18.2 Å². The number of nitrogens with zero attached hydrogens (tertiary/aromatic N) is 3. The third kappa shape index (κ3) is 3.00. The van der Waals surface area contributed by atoms with Gasteiger partial charge in [0.15, 0.2) is 5.65 Å². The number of nitrogens with one attached hydrogen (secondary N) is 1. The van der Waals surface area contributed by atoms with Gasteiger partial charge in [-0.2, -0.15) is 0 Å². The highest BCUT2D eigenvalue weighted by molar-refractivity contribution is 5.79. The Morgan fingerprint density at radius 1 is 1.27 bits per heavy atom. The summed E-state index contributed by atoms with van der Waals surface area (Å²) in [5.41, 5.74) is 1.30. The van der Waals surface area contributed by atoms with E-state index in [1.54, 1.807) is 35.4 Å². The van der Waals surface area contributed by atoms with E-state index < -0.39 is 0 Å². The molecular weight excluding hydrogens is 335 g/mol. The molecule has 1 saturated heterocycles. The summed E-state index contributed by atoms with van der Waals surface area (Å²) in [6, 6.07) is 9.26. The highest BCUT2D eigenvalue weighted by Crippen LogP contribution is 2.30. The molecule has 26 heavy (non-hydrogen) atoms. The number of carbonyl (C=O) groups excluding carboxylic acids is 1. The summed E-state index contributed by atoms with van der Waals surface area (Å²) in [7, 11) is 0. The average Bonchev–Trinajstić information content (AvgIpc) is 3.13. The number of amides is 1. The Bertz CT molecular complexity index is 1010. The highest BCUT2D eigenvalue weighted by Gasteiger charge is 2.30. The Morgan fingerprint density at radius 2 is 2.12 bits per heavy atom. The first-order valence-electron chi connectivity index (χ1n) is 8.73. The van der Waals surface area contributed by atoms with Crippen LogP contribution in [0, 0.1) is 5.82 Å². The van der Waals surface area contributed by atoms with Gasteiger partial charge in [-0.25, -0.2) is 13.9 Å². The molecule has 1 fully saturated rings. The lowest BCUT2D eigenvalue weighted by Gasteiger charge is -2.35. The number of aromatic amines is 1. The monoisotopic (exact) mass is 354 g/mol. The molecule has 3 heterocycles. The van der Waals surface area contributed by atoms with Crippen molar-refractivity contribution in [1.29, 1.82) is 0 Å². The fourth-order valence-corrected chi connectivity index (χ4v) is 3.56. The molecule has 4 rings (SSSR count). The van der Waals surface area contributed by atoms with Crippen molar-refractivity contribution in [1.82, 2.24) is 19.5 Å². The maximum atomic E-state index is 13.9. The standard InChI is InChI=1S/C19H19FN4O2/c20-14-6-2-1-5-13(14)11-18(25)23-10-4-3-7-16(23)15-12-19(26)24-17(22-15)8-9-21-24/h1-2,5-6,8-9,12,16,21H,3-4,7,10-11H2. The molecule has 6 nitrogen and oxygen atoms in total. The number of carbonyl (C=O) groups is 1. The van der Waals surface area contributed by atoms with E-state index in [1.165, 1.54) is 16.6 Å². The zero-order chi connectivity index (χ0) is 18.1. The van der Waals surface area contributed by atoms with Crippen molar-refractivity contribution in [3.63, 3.8) is 0 Å². The molecule has 0 radical (unpaired) electrons. The molecule has 1 aliphatic heterocycles. The number of H-pyrrole nitrogens is 1. The van der Waals surface area contributed by atoms with Crippen LogP contribution in [0.25, 0.3) is 5.65 Å². The van der Waals surface area contributed by atoms with E-state index in [0.29, 0.717) is 23.4 Å². The first-order chi connectivity index (χ1) is 12.6. The lowest BCUT2D eigenvalue weighted by Crippen LogP contribution is -2.40. The summed E-state index contributed by atoms with van der Waals surface area (Å²) in [6.45, 7) is 0.589. The second kappa shape index (κ2) is 6.74. The van der Waals surface area contributed by atoms with E-state index >= 15 is 0 Å². The number of rotatable bonds is 3. The van der Waals surface area contributed by atoms with Crippen LogP contribution in [0.4, 0.5) is 4.39 Å². The zero-order valence-electron chi connectivity index (χ0n) is 14.2. The summed E-state index contributed by atoms with van der Waals surface area (Å²) in [5.74, 6) is -0.518. The van der Waals surface area contributed by atoms with Gasteiger partial charge in [0.25, 0.3) is 5.56 Å². The van der Waals surface area contributed by atoms with Gasteiger partial charge in [-0.05, 0) is 30.9 Å². The molecule has 134 valence electrons. The van der Waals surface area contributed by atoms with Crippen molar-refractivity contribution in [2.45, 2.75) is 31.7 Å². The molecule has 0 bridgehead atoms. The number of halogens is 1. The predicted octanol–water partition coefficient (Wildman–Crippen LogP) is 2.46. The van der Waals surface area contributed by atoms with Gasteiger partial charge in [0.1, 0.15) is 5.82 Å². The number of likely N-dealkylation sites (tertiary alicyclic amines) is 1. The van der Waals surface area contributed by atoms with Crippen molar-refractivity contribution >= 4 is 11.6 Å². The quantitative estimate of drug-likeness (QED) is 0.785. The minimum Gasteiger partial charge on any atom is -0.334 e. The number of hydrogen-bond acceptors (Lipinski definition) is 3. The lowest BCUT2D eigenvalue weighted by molar-refractivity contribution is -0.134. The molecule has 1 N–H and O–H groups in total. The smallest absolute Gasteiger partial charge is 0.272 e. The molecule has 3 aromatic rings. The van der Waals surface area contributed by atoms with E-state index in [4.69, 9.17) is 0 Å². The predicted molar refractivity (Wildman–Crippen MR) is 94.2 cm³/mol. The Hall–Kier alpha value is -2.96. The topological polar surface area (TPSA) is 70.5 Å². The van der Waals surface area contributed by atoms with Crippen molar-refractivity contribution < 1.29 is 9.18 Å². The zero-order valence-corrected chi connectivity index (χ0v) is 14.2. The molecule has 1 amide bonds. The first kappa shape index (κ1) is 16.5. The number of aromatic nitrogens is 3. The van der Waals surface area contributed by atoms with E-state index in [9.17, 15) is 14.0 Å². The maximum Gasteiger partial charge on any atom is 0.272 e. The van der Waals surface area contributed by atoms with Crippen LogP contribution in [0.2, 0.25) is 0 Å². The van der Waals surface area contributed by atoms with Gasteiger partial charge in [-0.1, -0.05) is 18.2 Å². The van der Waals surface area contributed by atoms with Gasteiger partial charge in [0, 0.05) is 24.9 Å². The third-order valence-corrected chi connectivity index (χ3v) is 4.86. The van der Waals surface area contributed by atoms with Crippen LogP contribution in [0.1, 0.15) is 36.6 Å². The summed E-state index contributed by atoms with van der Waals surface area (Å²) in [4.78, 5) is 31.4. The molecule has 0 saturated carbocycles. The normalized spacial score (nSPS) is 17.6. The number of benzene rings is 1. The molecule has 1 aromatic carbocycles. The van der Waals surface area contributed by atoms with Crippen LogP contribution < -0.4 is 5.56 Å². The fraction of sp³-hybridized carbons (Fsp3) is 0.316. The molecule has 0 aliphatic carbocycles. The van der Waals surface area contributed by atoms with Gasteiger partial charge in [-0.3, -0.25) is 14.7 Å². The molecular formula is C19H19FN4O2. The third-order valence-electron chi connectivity index (χ3n) is 4.86. The molecule has 0 spiro atoms. The lowest BCUT2D eigenvalue weighted by atomic mass is 9.98. The number of hydrogen-bond donors (Lipinski definition) is 1. The second-order valence-electron chi connectivity index (χ2n) is 6.54. The average molecular weight is 354 g/mol. The SMILES string of the molecule is O=C(Cc1ccccc1F)N1CCCCC1c1cc(=O)n2[nH]ccc2n1. The first-order valence-corrected chi connectivity index (χ1v) is 8.73. The fourth-order valence-electron chi connectivity index (χ4n) is 3.56. The van der Waals surface area contributed by atoms with Gasteiger partial charge >= 0.3 is 0 Å². The number of piperidine rings is 1. The van der Waals surface area contributed by atoms with Crippen LogP contribution in [-0.2, 0) is 11.2 Å². The number of fused-ring (bicyclic) bond motifs is 1. The second-order valence-corrected chi connectivity index (χ2v) is 6.54. The van der Waals surface area contributed by atoms with Gasteiger partial charge in [-0.15, -0.1) is 0 Å². The summed E-state index contributed by atoms with van der Waals surface area (Å²) in [6.07, 6.45) is 4.26. The molecule has 1 aliphatic rings. The summed E-state index contributed by atoms with van der Waals surface area (Å²) < 4.78 is 15.3. The summed E-state index contributed by atoms with van der Waals surface area (Å²) >= 11 is 0.